The van der Waals surface area contributed by atoms with E-state index >= 15 is 0 Å². The number of hydrogen-bond donors (Lipinski definition) is 2. The Balaban J connectivity index is 1.36. The lowest BCUT2D eigenvalue weighted by Gasteiger charge is -2.34. The van der Waals surface area contributed by atoms with Crippen molar-refractivity contribution in [2.45, 2.75) is 0 Å². The Hall–Kier alpha value is -3.23. The van der Waals surface area contributed by atoms with Gasteiger partial charge in [0.2, 0.25) is 0 Å². The average Bonchev–Trinajstić information content (AvgIpc) is 3.22. The van der Waals surface area contributed by atoms with Crippen molar-refractivity contribution in [3.8, 4) is 11.4 Å². The molecule has 2 N–H and O–H groups in total. The Morgan fingerprint density at radius 2 is 1.83 bits per heavy atom. The maximum atomic E-state index is 12.4. The molecule has 8 heteroatoms. The number of aromatic nitrogens is 2. The van der Waals surface area contributed by atoms with Crippen LogP contribution in [-0.2, 0) is 9.53 Å². The number of carbonyl (C=O) groups is 2. The molecule has 0 saturated carbocycles. The van der Waals surface area contributed by atoms with Crippen molar-refractivity contribution in [1.82, 2.24) is 19.8 Å². The first kappa shape index (κ1) is 20.1. The molecule has 0 atom stereocenters. The third kappa shape index (κ3) is 4.50. The minimum atomic E-state index is -0.542. The van der Waals surface area contributed by atoms with Crippen LogP contribution in [0.4, 0.5) is 0 Å². The summed E-state index contributed by atoms with van der Waals surface area (Å²) in [6.45, 7) is 2.99. The zero-order valence-corrected chi connectivity index (χ0v) is 16.6. The van der Waals surface area contributed by atoms with Crippen LogP contribution in [0.5, 0.6) is 0 Å². The second-order valence-corrected chi connectivity index (χ2v) is 7.21. The number of nitrogens with zero attached hydrogens (tertiary/aromatic N) is 3. The predicted molar refractivity (Wildman–Crippen MR) is 112 cm³/mol. The van der Waals surface area contributed by atoms with Gasteiger partial charge in [0.15, 0.2) is 6.61 Å². The number of hydrogen-bond acceptors (Lipinski definition) is 6. The fraction of sp³-hybridized carbons (Fsp3) is 0.318. The number of nitrogens with one attached hydrogen (secondary N) is 1. The number of aromatic amines is 1. The summed E-state index contributed by atoms with van der Waals surface area (Å²) in [6, 6.07) is 14.8. The van der Waals surface area contributed by atoms with Crippen molar-refractivity contribution in [1.29, 1.82) is 0 Å². The highest BCUT2D eigenvalue weighted by Crippen LogP contribution is 2.21. The summed E-state index contributed by atoms with van der Waals surface area (Å²) in [4.78, 5) is 36.3. The Morgan fingerprint density at radius 3 is 2.57 bits per heavy atom. The van der Waals surface area contributed by atoms with Crippen molar-refractivity contribution in [2.24, 2.45) is 0 Å². The number of benzene rings is 2. The lowest BCUT2D eigenvalue weighted by Crippen LogP contribution is -2.50. The number of esters is 1. The number of aliphatic hydroxyl groups excluding tert-OH is 1. The molecule has 1 saturated heterocycles. The maximum Gasteiger partial charge on any atom is 0.338 e. The van der Waals surface area contributed by atoms with Crippen molar-refractivity contribution in [3.63, 3.8) is 0 Å². The van der Waals surface area contributed by atoms with E-state index in [1.807, 2.05) is 30.3 Å². The van der Waals surface area contributed by atoms with Crippen molar-refractivity contribution in [3.05, 3.63) is 54.1 Å². The number of ether oxygens (including phenoxy) is 1. The lowest BCUT2D eigenvalue weighted by molar-refractivity contribution is -0.136. The number of imidazole rings is 1. The topological polar surface area (TPSA) is 98.8 Å². The molecule has 1 aromatic heterocycles. The van der Waals surface area contributed by atoms with Gasteiger partial charge in [-0.3, -0.25) is 9.69 Å². The van der Waals surface area contributed by atoms with Crippen LogP contribution >= 0.6 is 0 Å². The predicted octanol–water partition coefficient (Wildman–Crippen LogP) is 1.52. The Bertz CT molecular complexity index is 1030. The second kappa shape index (κ2) is 9.06. The number of fused-ring (bicyclic) bond motifs is 1. The minimum Gasteiger partial charge on any atom is -0.452 e. The van der Waals surface area contributed by atoms with E-state index in [4.69, 9.17) is 9.84 Å². The van der Waals surface area contributed by atoms with E-state index in [-0.39, 0.29) is 19.1 Å². The van der Waals surface area contributed by atoms with Gasteiger partial charge in [-0.1, -0.05) is 30.3 Å². The molecular weight excluding hydrogens is 384 g/mol. The lowest BCUT2D eigenvalue weighted by atomic mass is 10.2. The molecule has 8 nitrogen and oxygen atoms in total. The van der Waals surface area contributed by atoms with E-state index in [1.165, 1.54) is 0 Å². The molecule has 156 valence electrons. The standard InChI is InChI=1S/C22H24N4O4/c27-13-12-25-8-10-26(11-9-25)20(28)15-30-22(29)17-6-7-18-19(14-17)24-21(23-18)16-4-2-1-3-5-16/h1-7,14,27H,8-13,15H2,(H,23,24). The van der Waals surface area contributed by atoms with Crippen LogP contribution in [0.1, 0.15) is 10.4 Å². The number of aliphatic hydroxyl groups is 1. The van der Waals surface area contributed by atoms with E-state index in [0.29, 0.717) is 38.3 Å². The molecule has 30 heavy (non-hydrogen) atoms. The van der Waals surface area contributed by atoms with Gasteiger partial charge in [0.1, 0.15) is 5.82 Å². The van der Waals surface area contributed by atoms with Gasteiger partial charge >= 0.3 is 5.97 Å². The van der Waals surface area contributed by atoms with Gasteiger partial charge in [0.25, 0.3) is 5.91 Å². The molecule has 4 rings (SSSR count). The van der Waals surface area contributed by atoms with Crippen molar-refractivity contribution >= 4 is 22.9 Å². The van der Waals surface area contributed by atoms with Crippen LogP contribution in [0.3, 0.4) is 0 Å². The Labute approximate surface area is 174 Å². The fourth-order valence-electron chi connectivity index (χ4n) is 3.53. The summed E-state index contributed by atoms with van der Waals surface area (Å²) < 4.78 is 5.24. The normalized spacial score (nSPS) is 14.8. The zero-order valence-electron chi connectivity index (χ0n) is 16.6. The minimum absolute atomic E-state index is 0.110. The Morgan fingerprint density at radius 1 is 1.07 bits per heavy atom. The second-order valence-electron chi connectivity index (χ2n) is 7.21. The van der Waals surface area contributed by atoms with Gasteiger partial charge < -0.3 is 19.7 Å². The molecule has 0 unspecified atom stereocenters. The summed E-state index contributed by atoms with van der Waals surface area (Å²) in [5, 5.41) is 8.99. The van der Waals surface area contributed by atoms with Gasteiger partial charge in [-0.05, 0) is 18.2 Å². The molecule has 1 amide bonds. The third-order valence-corrected chi connectivity index (χ3v) is 5.23. The molecule has 0 aliphatic carbocycles. The van der Waals surface area contributed by atoms with Gasteiger partial charge in [-0.2, -0.15) is 0 Å². The molecule has 0 spiro atoms. The molecule has 1 aliphatic heterocycles. The summed E-state index contributed by atoms with van der Waals surface area (Å²) in [6.07, 6.45) is 0. The number of H-pyrrole nitrogens is 1. The fourth-order valence-corrected chi connectivity index (χ4v) is 3.53. The summed E-state index contributed by atoms with van der Waals surface area (Å²) in [7, 11) is 0. The van der Waals surface area contributed by atoms with Crippen molar-refractivity contribution in [2.75, 3.05) is 45.9 Å². The van der Waals surface area contributed by atoms with E-state index in [0.717, 1.165) is 22.4 Å². The molecule has 3 aromatic rings. The van der Waals surface area contributed by atoms with Crippen LogP contribution in [-0.4, -0.2) is 82.7 Å². The van der Waals surface area contributed by atoms with Gasteiger partial charge in [0.05, 0.1) is 23.2 Å². The largest absolute Gasteiger partial charge is 0.452 e. The number of β-amino-alcohol motifs (C(OH)–C–C–N with tert-alkyl or cyclic N) is 1. The quantitative estimate of drug-likeness (QED) is 0.600. The summed E-state index contributed by atoms with van der Waals surface area (Å²) in [5.41, 5.74) is 2.81. The average molecular weight is 408 g/mol. The molecule has 1 fully saturated rings. The molecule has 2 heterocycles. The summed E-state index contributed by atoms with van der Waals surface area (Å²) in [5.74, 6) is -0.0207. The van der Waals surface area contributed by atoms with Crippen molar-refractivity contribution < 1.29 is 19.4 Å². The van der Waals surface area contributed by atoms with Crippen LogP contribution in [0, 0.1) is 0 Å². The molecule has 0 bridgehead atoms. The first-order valence-electron chi connectivity index (χ1n) is 9.97. The SMILES string of the molecule is O=C(OCC(=O)N1CCN(CCO)CC1)c1ccc2nc(-c3ccccc3)[nH]c2c1. The molecule has 1 aliphatic rings. The maximum absolute atomic E-state index is 12.4. The van der Waals surface area contributed by atoms with Gasteiger partial charge in [0, 0.05) is 38.3 Å². The highest BCUT2D eigenvalue weighted by atomic mass is 16.5. The van der Waals surface area contributed by atoms with Crippen LogP contribution in [0.25, 0.3) is 22.4 Å². The van der Waals surface area contributed by atoms with Crippen LogP contribution in [0.15, 0.2) is 48.5 Å². The first-order chi connectivity index (χ1) is 14.6. The van der Waals surface area contributed by atoms with E-state index in [1.54, 1.807) is 23.1 Å². The number of amides is 1. The van der Waals surface area contributed by atoms with E-state index in [9.17, 15) is 9.59 Å². The van der Waals surface area contributed by atoms with E-state index in [2.05, 4.69) is 14.9 Å². The summed E-state index contributed by atoms with van der Waals surface area (Å²) >= 11 is 0. The monoisotopic (exact) mass is 408 g/mol. The van der Waals surface area contributed by atoms with Gasteiger partial charge in [-0.15, -0.1) is 0 Å². The number of carbonyl (C=O) groups excluding carboxylic acids is 2. The van der Waals surface area contributed by atoms with Crippen LogP contribution < -0.4 is 0 Å². The highest BCUT2D eigenvalue weighted by molar-refractivity contribution is 5.95. The number of piperazine rings is 1. The first-order valence-corrected chi connectivity index (χ1v) is 9.97. The van der Waals surface area contributed by atoms with Crippen LogP contribution in [0.2, 0.25) is 0 Å². The Kier molecular flexibility index (Phi) is 6.06. The number of rotatable bonds is 6. The van der Waals surface area contributed by atoms with E-state index < -0.39 is 5.97 Å². The highest BCUT2D eigenvalue weighted by Gasteiger charge is 2.22. The zero-order chi connectivity index (χ0) is 20.9. The van der Waals surface area contributed by atoms with Gasteiger partial charge in [-0.25, -0.2) is 9.78 Å². The smallest absolute Gasteiger partial charge is 0.338 e. The third-order valence-electron chi connectivity index (χ3n) is 5.23. The molecule has 0 radical (unpaired) electrons. The molecular formula is C22H24N4O4. The molecule has 2 aromatic carbocycles.